The molecule has 4 unspecified atom stereocenters. The maximum Gasteiger partial charge on any atom is 0.231 e. The van der Waals surface area contributed by atoms with Gasteiger partial charge in [0.05, 0.1) is 33.4 Å². The Bertz CT molecular complexity index is 1040. The summed E-state index contributed by atoms with van der Waals surface area (Å²) in [6, 6.07) is 7.00. The van der Waals surface area contributed by atoms with Crippen LogP contribution < -0.4 is 29.0 Å². The Hall–Kier alpha value is -3.17. The Kier molecular flexibility index (Phi) is 6.77. The van der Waals surface area contributed by atoms with E-state index >= 15 is 0 Å². The molecule has 0 saturated heterocycles. The van der Waals surface area contributed by atoms with Crippen molar-refractivity contribution in [1.29, 1.82) is 0 Å². The van der Waals surface area contributed by atoms with Crippen molar-refractivity contribution in [1.82, 2.24) is 5.32 Å². The van der Waals surface area contributed by atoms with Gasteiger partial charge >= 0.3 is 0 Å². The van der Waals surface area contributed by atoms with Crippen LogP contribution in [-0.4, -0.2) is 56.9 Å². The molecular weight excluding hydrogens is 442 g/mol. The van der Waals surface area contributed by atoms with Crippen molar-refractivity contribution in [3.8, 4) is 28.7 Å². The highest BCUT2D eigenvalue weighted by molar-refractivity contribution is 5.82. The lowest BCUT2D eigenvalue weighted by atomic mass is 9.64. The van der Waals surface area contributed by atoms with E-state index in [1.54, 1.807) is 24.3 Å². The molecule has 1 aliphatic heterocycles. The lowest BCUT2D eigenvalue weighted by Gasteiger charge is -2.41. The number of ether oxygens (including phenoxy) is 5. The Morgan fingerprint density at radius 2 is 1.62 bits per heavy atom. The Labute approximate surface area is 198 Å². The van der Waals surface area contributed by atoms with E-state index in [-0.39, 0.29) is 25.3 Å². The average Bonchev–Trinajstić information content (AvgIpc) is 3.29. The van der Waals surface area contributed by atoms with Crippen molar-refractivity contribution < 1.29 is 38.7 Å². The number of nitrogens with one attached hydrogen (secondary N) is 1. The van der Waals surface area contributed by atoms with Crippen LogP contribution >= 0.6 is 0 Å². The fourth-order valence-electron chi connectivity index (χ4n) is 4.97. The first-order valence-corrected chi connectivity index (χ1v) is 11.2. The lowest BCUT2D eigenvalue weighted by Crippen LogP contribution is -2.47. The van der Waals surface area contributed by atoms with Crippen LogP contribution in [0.2, 0.25) is 0 Å². The standard InChI is InChI=1S/C25H31NO8/c1-12(2)26-25(29)22-16(10-27)23(28)15-9-18-17(33-11-34-18)8-14(15)21(22)13-6-19(30-3)24(32-5)20(7-13)31-4/h6-9,12,16,21-23,27-28H,10-11H2,1-5H3,(H,26,29). The molecule has 0 aromatic heterocycles. The lowest BCUT2D eigenvalue weighted by molar-refractivity contribution is -0.131. The van der Waals surface area contributed by atoms with Crippen LogP contribution in [0.15, 0.2) is 24.3 Å². The average molecular weight is 474 g/mol. The molecule has 2 aromatic carbocycles. The van der Waals surface area contributed by atoms with Crippen LogP contribution in [0.5, 0.6) is 28.7 Å². The van der Waals surface area contributed by atoms with Gasteiger partial charge in [-0.15, -0.1) is 0 Å². The van der Waals surface area contributed by atoms with Gasteiger partial charge in [-0.05, 0) is 54.8 Å². The number of methoxy groups -OCH3 is 3. The monoisotopic (exact) mass is 473 g/mol. The van der Waals surface area contributed by atoms with E-state index in [0.717, 1.165) is 0 Å². The maximum atomic E-state index is 13.5. The number of fused-ring (bicyclic) bond motifs is 2. The van der Waals surface area contributed by atoms with Gasteiger partial charge in [0.1, 0.15) is 0 Å². The van der Waals surface area contributed by atoms with Gasteiger partial charge in [0.2, 0.25) is 18.4 Å². The van der Waals surface area contributed by atoms with Crippen molar-refractivity contribution in [2.75, 3.05) is 34.7 Å². The van der Waals surface area contributed by atoms with Crippen LogP contribution in [0, 0.1) is 11.8 Å². The number of hydrogen-bond acceptors (Lipinski definition) is 8. The molecule has 2 aliphatic rings. The fourth-order valence-corrected chi connectivity index (χ4v) is 4.97. The van der Waals surface area contributed by atoms with E-state index in [4.69, 9.17) is 23.7 Å². The summed E-state index contributed by atoms with van der Waals surface area (Å²) >= 11 is 0. The smallest absolute Gasteiger partial charge is 0.231 e. The molecule has 9 nitrogen and oxygen atoms in total. The highest BCUT2D eigenvalue weighted by atomic mass is 16.7. The molecule has 0 spiro atoms. The molecular formula is C25H31NO8. The van der Waals surface area contributed by atoms with Crippen LogP contribution in [0.3, 0.4) is 0 Å². The Morgan fingerprint density at radius 1 is 1.03 bits per heavy atom. The predicted molar refractivity (Wildman–Crippen MR) is 123 cm³/mol. The summed E-state index contributed by atoms with van der Waals surface area (Å²) in [6.07, 6.45) is -1.07. The van der Waals surface area contributed by atoms with Gasteiger partial charge in [-0.3, -0.25) is 4.79 Å². The zero-order chi connectivity index (χ0) is 24.6. The van der Waals surface area contributed by atoms with Crippen molar-refractivity contribution in [2.24, 2.45) is 11.8 Å². The molecule has 2 aromatic rings. The van der Waals surface area contributed by atoms with Crippen LogP contribution in [0.4, 0.5) is 0 Å². The van der Waals surface area contributed by atoms with Gasteiger partial charge in [0.25, 0.3) is 0 Å². The van der Waals surface area contributed by atoms with Crippen molar-refractivity contribution in [2.45, 2.75) is 31.9 Å². The maximum absolute atomic E-state index is 13.5. The summed E-state index contributed by atoms with van der Waals surface area (Å²) in [5.41, 5.74) is 2.00. The topological polar surface area (TPSA) is 116 Å². The molecule has 3 N–H and O–H groups in total. The zero-order valence-corrected chi connectivity index (χ0v) is 20.0. The molecule has 0 radical (unpaired) electrons. The first kappa shape index (κ1) is 24.0. The third kappa shape index (κ3) is 3.99. The molecule has 1 amide bonds. The number of rotatable bonds is 7. The van der Waals surface area contributed by atoms with Gasteiger partial charge in [0.15, 0.2) is 23.0 Å². The van der Waals surface area contributed by atoms with E-state index in [1.165, 1.54) is 21.3 Å². The third-order valence-electron chi connectivity index (χ3n) is 6.45. The predicted octanol–water partition coefficient (Wildman–Crippen LogP) is 2.37. The SMILES string of the molecule is COc1cc(C2c3cc4c(cc3C(O)C(CO)C2C(=O)NC(C)C)OCO4)cc(OC)c1OC. The minimum absolute atomic E-state index is 0.0733. The number of carbonyl (C=O) groups is 1. The number of amides is 1. The van der Waals surface area contributed by atoms with E-state index in [1.807, 2.05) is 13.8 Å². The summed E-state index contributed by atoms with van der Waals surface area (Å²) in [4.78, 5) is 13.5. The van der Waals surface area contributed by atoms with Gasteiger partial charge in [-0.2, -0.15) is 0 Å². The summed E-state index contributed by atoms with van der Waals surface area (Å²) in [6.45, 7) is 3.42. The minimum atomic E-state index is -1.07. The van der Waals surface area contributed by atoms with Gasteiger partial charge in [-0.1, -0.05) is 0 Å². The summed E-state index contributed by atoms with van der Waals surface area (Å²) < 4.78 is 27.7. The van der Waals surface area contributed by atoms with Gasteiger partial charge in [0, 0.05) is 24.5 Å². The van der Waals surface area contributed by atoms with E-state index < -0.39 is 23.9 Å². The van der Waals surface area contributed by atoms with Gasteiger partial charge < -0.3 is 39.2 Å². The fraction of sp³-hybridized carbons (Fsp3) is 0.480. The van der Waals surface area contributed by atoms with Gasteiger partial charge in [-0.25, -0.2) is 0 Å². The normalized spacial score (nSPS) is 22.8. The van der Waals surface area contributed by atoms with E-state index in [0.29, 0.717) is 45.4 Å². The number of aliphatic hydroxyl groups excluding tert-OH is 2. The first-order valence-electron chi connectivity index (χ1n) is 11.2. The molecule has 1 aliphatic carbocycles. The zero-order valence-electron chi connectivity index (χ0n) is 20.0. The second-order valence-corrected chi connectivity index (χ2v) is 8.75. The molecule has 0 bridgehead atoms. The number of hydrogen-bond donors (Lipinski definition) is 3. The quantitative estimate of drug-likeness (QED) is 0.561. The Balaban J connectivity index is 1.98. The molecule has 34 heavy (non-hydrogen) atoms. The van der Waals surface area contributed by atoms with Crippen LogP contribution in [0.25, 0.3) is 0 Å². The molecule has 184 valence electrons. The second-order valence-electron chi connectivity index (χ2n) is 8.75. The second kappa shape index (κ2) is 9.60. The molecule has 0 fully saturated rings. The third-order valence-corrected chi connectivity index (χ3v) is 6.45. The molecule has 4 rings (SSSR count). The molecule has 0 saturated carbocycles. The molecule has 1 heterocycles. The van der Waals surface area contributed by atoms with Crippen molar-refractivity contribution >= 4 is 5.91 Å². The molecule has 4 atom stereocenters. The number of benzene rings is 2. The van der Waals surface area contributed by atoms with Crippen molar-refractivity contribution in [3.63, 3.8) is 0 Å². The van der Waals surface area contributed by atoms with E-state index in [9.17, 15) is 15.0 Å². The number of aliphatic hydroxyl groups is 2. The summed E-state index contributed by atoms with van der Waals surface area (Å²) in [5, 5.41) is 24.5. The first-order chi connectivity index (χ1) is 16.3. The summed E-state index contributed by atoms with van der Waals surface area (Å²) in [7, 11) is 4.57. The minimum Gasteiger partial charge on any atom is -0.493 e. The largest absolute Gasteiger partial charge is 0.493 e. The van der Waals surface area contributed by atoms with Crippen LogP contribution in [0.1, 0.15) is 42.6 Å². The summed E-state index contributed by atoms with van der Waals surface area (Å²) in [5.74, 6) is 0.0126. The highest BCUT2D eigenvalue weighted by Crippen LogP contribution is 2.53. The van der Waals surface area contributed by atoms with Crippen LogP contribution in [-0.2, 0) is 4.79 Å². The molecule has 9 heteroatoms. The van der Waals surface area contributed by atoms with E-state index in [2.05, 4.69) is 5.32 Å². The Morgan fingerprint density at radius 3 is 2.12 bits per heavy atom. The highest BCUT2D eigenvalue weighted by Gasteiger charge is 2.47. The van der Waals surface area contributed by atoms with Crippen molar-refractivity contribution in [3.05, 3.63) is 41.0 Å². The number of carbonyl (C=O) groups excluding carboxylic acids is 1.